The second kappa shape index (κ2) is 11.0. The van der Waals surface area contributed by atoms with E-state index in [2.05, 4.69) is 21.1 Å². The number of nitrogens with one attached hydrogen (secondary N) is 2. The van der Waals surface area contributed by atoms with Crippen LogP contribution in [0.3, 0.4) is 0 Å². The molecule has 25 heavy (non-hydrogen) atoms. The van der Waals surface area contributed by atoms with Crippen molar-refractivity contribution in [2.24, 2.45) is 28.0 Å². The van der Waals surface area contributed by atoms with Gasteiger partial charge in [0.15, 0.2) is 0 Å². The van der Waals surface area contributed by atoms with E-state index in [4.69, 9.17) is 0 Å². The molecule has 2 amide bonds. The molecular formula is C19H32N4O2. The molecule has 0 aromatic carbocycles. The zero-order chi connectivity index (χ0) is 17.9. The largest absolute Gasteiger partial charge is 0.272 e. The standard InChI is InChI=1S/C19H32N4O2/c1-2-17(18(24)22-20-13-15-9-5-3-6-10-15)19(25)23-21-14-16-11-7-4-8-12-16/h13-17H,2-12H2,1H3,(H,22,24)(H,23,25)/b20-13+,21-14+. The van der Waals surface area contributed by atoms with Crippen molar-refractivity contribution in [3.8, 4) is 0 Å². The minimum Gasteiger partial charge on any atom is -0.272 e. The van der Waals surface area contributed by atoms with Gasteiger partial charge >= 0.3 is 0 Å². The molecule has 0 heterocycles. The van der Waals surface area contributed by atoms with Crippen LogP contribution in [0.25, 0.3) is 0 Å². The first kappa shape index (κ1) is 19.6. The maximum Gasteiger partial charge on any atom is 0.252 e. The fraction of sp³-hybridized carbons (Fsp3) is 0.789. The summed E-state index contributed by atoms with van der Waals surface area (Å²) in [7, 11) is 0. The van der Waals surface area contributed by atoms with Crippen molar-refractivity contribution in [2.75, 3.05) is 0 Å². The van der Waals surface area contributed by atoms with Crippen molar-refractivity contribution in [1.29, 1.82) is 0 Å². The number of nitrogens with zero attached hydrogens (tertiary/aromatic N) is 2. The van der Waals surface area contributed by atoms with Crippen LogP contribution in [0.5, 0.6) is 0 Å². The van der Waals surface area contributed by atoms with Gasteiger partial charge in [-0.3, -0.25) is 9.59 Å². The number of hydrogen-bond acceptors (Lipinski definition) is 4. The van der Waals surface area contributed by atoms with Gasteiger partial charge in [-0.15, -0.1) is 0 Å². The Balaban J connectivity index is 1.74. The monoisotopic (exact) mass is 348 g/mol. The molecule has 6 nitrogen and oxygen atoms in total. The Morgan fingerprint density at radius 2 is 1.24 bits per heavy atom. The van der Waals surface area contributed by atoms with Gasteiger partial charge in [0.25, 0.3) is 11.8 Å². The van der Waals surface area contributed by atoms with Gasteiger partial charge in [0, 0.05) is 12.4 Å². The third-order valence-electron chi connectivity index (χ3n) is 5.26. The third-order valence-corrected chi connectivity index (χ3v) is 5.26. The van der Waals surface area contributed by atoms with Gasteiger partial charge in [-0.2, -0.15) is 10.2 Å². The highest BCUT2D eigenvalue weighted by molar-refractivity contribution is 6.00. The van der Waals surface area contributed by atoms with E-state index in [0.29, 0.717) is 18.3 Å². The van der Waals surface area contributed by atoms with Gasteiger partial charge < -0.3 is 0 Å². The van der Waals surface area contributed by atoms with Gasteiger partial charge in [0.05, 0.1) is 0 Å². The van der Waals surface area contributed by atoms with Crippen molar-refractivity contribution >= 4 is 24.2 Å². The zero-order valence-electron chi connectivity index (χ0n) is 15.4. The van der Waals surface area contributed by atoms with Crippen LogP contribution < -0.4 is 10.9 Å². The summed E-state index contributed by atoms with van der Waals surface area (Å²) in [6.07, 6.45) is 16.1. The van der Waals surface area contributed by atoms with Gasteiger partial charge in [0.2, 0.25) is 0 Å². The lowest BCUT2D eigenvalue weighted by atomic mass is 9.90. The predicted molar refractivity (Wildman–Crippen MR) is 100 cm³/mol. The fourth-order valence-corrected chi connectivity index (χ4v) is 3.62. The number of carbonyl (C=O) groups excluding carboxylic acids is 2. The van der Waals surface area contributed by atoms with E-state index >= 15 is 0 Å². The molecule has 0 saturated heterocycles. The van der Waals surface area contributed by atoms with Crippen LogP contribution >= 0.6 is 0 Å². The summed E-state index contributed by atoms with van der Waals surface area (Å²) in [6.45, 7) is 1.82. The first-order valence-electron chi connectivity index (χ1n) is 9.86. The summed E-state index contributed by atoms with van der Waals surface area (Å²) in [5, 5.41) is 8.11. The normalized spacial score (nSPS) is 20.4. The topological polar surface area (TPSA) is 82.9 Å². The minimum atomic E-state index is -0.757. The number of rotatable bonds is 7. The van der Waals surface area contributed by atoms with Crippen molar-refractivity contribution in [1.82, 2.24) is 10.9 Å². The summed E-state index contributed by atoms with van der Waals surface area (Å²) in [5.74, 6) is -0.585. The number of amides is 2. The second-order valence-corrected chi connectivity index (χ2v) is 7.27. The van der Waals surface area contributed by atoms with Crippen LogP contribution in [0.4, 0.5) is 0 Å². The summed E-state index contributed by atoms with van der Waals surface area (Å²) in [6, 6.07) is 0. The molecular weight excluding hydrogens is 316 g/mol. The fourth-order valence-electron chi connectivity index (χ4n) is 3.62. The Hall–Kier alpha value is -1.72. The maximum absolute atomic E-state index is 12.2. The molecule has 0 aromatic rings. The zero-order valence-corrected chi connectivity index (χ0v) is 15.4. The minimum absolute atomic E-state index is 0.361. The summed E-state index contributed by atoms with van der Waals surface area (Å²) in [5.41, 5.74) is 5.04. The molecule has 2 rings (SSSR count). The second-order valence-electron chi connectivity index (χ2n) is 7.27. The molecule has 2 aliphatic carbocycles. The van der Waals surface area contributed by atoms with E-state index in [9.17, 15) is 9.59 Å². The lowest BCUT2D eigenvalue weighted by Crippen LogP contribution is -2.38. The molecule has 140 valence electrons. The predicted octanol–water partition coefficient (Wildman–Crippen LogP) is 3.38. The SMILES string of the molecule is CCC(C(=O)N/N=C/C1CCCCC1)C(=O)N/N=C/C1CCCCC1. The molecule has 0 bridgehead atoms. The van der Waals surface area contributed by atoms with Crippen molar-refractivity contribution < 1.29 is 9.59 Å². The van der Waals surface area contributed by atoms with Crippen LogP contribution in [0.15, 0.2) is 10.2 Å². The van der Waals surface area contributed by atoms with Crippen LogP contribution in [-0.2, 0) is 9.59 Å². The smallest absolute Gasteiger partial charge is 0.252 e. The molecule has 0 aliphatic heterocycles. The van der Waals surface area contributed by atoms with Crippen molar-refractivity contribution in [3.05, 3.63) is 0 Å². The summed E-state index contributed by atoms with van der Waals surface area (Å²) < 4.78 is 0. The van der Waals surface area contributed by atoms with Crippen LogP contribution in [0.2, 0.25) is 0 Å². The van der Waals surface area contributed by atoms with Crippen LogP contribution in [0, 0.1) is 17.8 Å². The Kier molecular flexibility index (Phi) is 8.63. The highest BCUT2D eigenvalue weighted by Crippen LogP contribution is 2.22. The van der Waals surface area contributed by atoms with Crippen molar-refractivity contribution in [2.45, 2.75) is 77.6 Å². The molecule has 0 unspecified atom stereocenters. The van der Waals surface area contributed by atoms with Gasteiger partial charge in [0.1, 0.15) is 5.92 Å². The number of carbonyl (C=O) groups is 2. The first-order chi connectivity index (χ1) is 12.2. The van der Waals surface area contributed by atoms with E-state index < -0.39 is 5.92 Å². The first-order valence-corrected chi connectivity index (χ1v) is 9.86. The molecule has 6 heteroatoms. The molecule has 2 aliphatic rings. The van der Waals surface area contributed by atoms with E-state index in [1.807, 2.05) is 19.4 Å². The summed E-state index contributed by atoms with van der Waals surface area (Å²) in [4.78, 5) is 24.4. The van der Waals surface area contributed by atoms with E-state index in [1.165, 1.54) is 38.5 Å². The number of hydrogen-bond donors (Lipinski definition) is 2. The molecule has 2 saturated carbocycles. The van der Waals surface area contributed by atoms with E-state index in [0.717, 1.165) is 25.7 Å². The molecule has 0 radical (unpaired) electrons. The maximum atomic E-state index is 12.2. The average molecular weight is 348 g/mol. The third kappa shape index (κ3) is 6.96. The Morgan fingerprint density at radius 1 is 0.840 bits per heavy atom. The number of hydrazone groups is 2. The quantitative estimate of drug-likeness (QED) is 0.420. The van der Waals surface area contributed by atoms with E-state index in [1.54, 1.807) is 0 Å². The molecule has 0 aromatic heterocycles. The van der Waals surface area contributed by atoms with Gasteiger partial charge in [-0.25, -0.2) is 10.9 Å². The van der Waals surface area contributed by atoms with Gasteiger partial charge in [-0.1, -0.05) is 45.4 Å². The van der Waals surface area contributed by atoms with E-state index in [-0.39, 0.29) is 11.8 Å². The highest BCUT2D eigenvalue weighted by Gasteiger charge is 2.24. The molecule has 2 fully saturated rings. The highest BCUT2D eigenvalue weighted by atomic mass is 16.2. The molecule has 0 atom stereocenters. The Morgan fingerprint density at radius 3 is 1.60 bits per heavy atom. The summed E-state index contributed by atoms with van der Waals surface area (Å²) >= 11 is 0. The van der Waals surface area contributed by atoms with Crippen LogP contribution in [0.1, 0.15) is 77.6 Å². The molecule has 2 N–H and O–H groups in total. The van der Waals surface area contributed by atoms with Gasteiger partial charge in [-0.05, 0) is 43.9 Å². The Bertz CT molecular complexity index is 436. The molecule has 0 spiro atoms. The average Bonchev–Trinajstić information content (AvgIpc) is 2.64. The van der Waals surface area contributed by atoms with Crippen molar-refractivity contribution in [3.63, 3.8) is 0 Å². The van der Waals surface area contributed by atoms with Crippen LogP contribution in [-0.4, -0.2) is 24.2 Å². The lowest BCUT2D eigenvalue weighted by Gasteiger charge is -2.17. The lowest BCUT2D eigenvalue weighted by molar-refractivity contribution is -0.135. The Labute approximate surface area is 150 Å².